The molecule has 1 fully saturated rings. The molecule has 0 spiro atoms. The molecule has 4 heteroatoms. The average molecular weight is 237 g/mol. The van der Waals surface area contributed by atoms with Crippen LogP contribution in [0.3, 0.4) is 0 Å². The van der Waals surface area contributed by atoms with E-state index in [-0.39, 0.29) is 6.61 Å². The Hall–Kier alpha value is -0.870. The maximum atomic E-state index is 8.83. The minimum atomic E-state index is 0.145. The van der Waals surface area contributed by atoms with Crippen LogP contribution in [0.1, 0.15) is 44.6 Å². The highest BCUT2D eigenvalue weighted by Gasteiger charge is 2.25. The number of rotatable bonds is 5. The molecule has 2 N–H and O–H groups in total. The molecule has 1 aliphatic rings. The van der Waals surface area contributed by atoms with Crippen LogP contribution >= 0.6 is 0 Å². The lowest BCUT2D eigenvalue weighted by molar-refractivity contribution is 0.252. The fourth-order valence-electron chi connectivity index (χ4n) is 2.55. The van der Waals surface area contributed by atoms with Crippen LogP contribution in [0.25, 0.3) is 0 Å². The van der Waals surface area contributed by atoms with Crippen molar-refractivity contribution < 1.29 is 5.11 Å². The van der Waals surface area contributed by atoms with Crippen molar-refractivity contribution in [2.75, 3.05) is 6.61 Å². The van der Waals surface area contributed by atoms with Crippen LogP contribution in [0.2, 0.25) is 0 Å². The number of hydrogen-bond donors (Lipinski definition) is 2. The van der Waals surface area contributed by atoms with Crippen molar-refractivity contribution >= 4 is 0 Å². The normalized spacial score (nSPS) is 19.4. The first-order valence-electron chi connectivity index (χ1n) is 6.59. The minimum Gasteiger partial charge on any atom is -0.394 e. The zero-order valence-electron chi connectivity index (χ0n) is 10.7. The van der Waals surface area contributed by atoms with Gasteiger partial charge in [-0.1, -0.05) is 19.3 Å². The Morgan fingerprint density at radius 2 is 2.18 bits per heavy atom. The van der Waals surface area contributed by atoms with Crippen molar-refractivity contribution in [3.63, 3.8) is 0 Å². The van der Waals surface area contributed by atoms with Gasteiger partial charge >= 0.3 is 0 Å². The Morgan fingerprint density at radius 3 is 2.88 bits per heavy atom. The number of hydrogen-bond acceptors (Lipinski definition) is 3. The number of nitrogens with zero attached hydrogens (tertiary/aromatic N) is 2. The largest absolute Gasteiger partial charge is 0.394 e. The van der Waals surface area contributed by atoms with E-state index in [4.69, 9.17) is 5.11 Å². The first kappa shape index (κ1) is 12.6. The molecule has 1 aromatic rings. The van der Waals surface area contributed by atoms with Gasteiger partial charge < -0.3 is 10.4 Å². The van der Waals surface area contributed by atoms with E-state index in [1.54, 1.807) is 4.68 Å². The number of nitrogens with one attached hydrogen (secondary N) is 1. The summed E-state index contributed by atoms with van der Waals surface area (Å²) in [5.74, 6) is 0. The third-order valence-electron chi connectivity index (χ3n) is 3.69. The molecule has 4 nitrogen and oxygen atoms in total. The van der Waals surface area contributed by atoms with E-state index in [1.165, 1.54) is 37.7 Å². The Balaban J connectivity index is 1.83. The summed E-state index contributed by atoms with van der Waals surface area (Å²) < 4.78 is 1.79. The molecule has 0 amide bonds. The number of aromatic nitrogens is 2. The average Bonchev–Trinajstić information content (AvgIpc) is 2.76. The highest BCUT2D eigenvalue weighted by molar-refractivity contribution is 5.04. The molecule has 0 unspecified atom stereocenters. The second-order valence-electron chi connectivity index (χ2n) is 5.31. The summed E-state index contributed by atoms with van der Waals surface area (Å²) in [4.78, 5) is 0. The highest BCUT2D eigenvalue weighted by Crippen LogP contribution is 2.27. The van der Waals surface area contributed by atoms with E-state index in [0.29, 0.717) is 12.1 Å². The first-order chi connectivity index (χ1) is 8.22. The van der Waals surface area contributed by atoms with Crippen molar-refractivity contribution in [3.8, 4) is 0 Å². The summed E-state index contributed by atoms with van der Waals surface area (Å²) >= 11 is 0. The molecule has 0 aromatic carbocycles. The maximum absolute atomic E-state index is 8.83. The third-order valence-corrected chi connectivity index (χ3v) is 3.69. The lowest BCUT2D eigenvalue weighted by atomic mass is 9.83. The Bertz CT molecular complexity index is 342. The number of aliphatic hydroxyl groups excluding tert-OH is 1. The standard InChI is InChI=1S/C13H23N3O/c1-13(5-3-2-4-6-13)14-9-12-10-15-16(11-12)7-8-17/h10-11,14,17H,2-9H2,1H3. The van der Waals surface area contributed by atoms with Crippen molar-refractivity contribution in [3.05, 3.63) is 18.0 Å². The summed E-state index contributed by atoms with van der Waals surface area (Å²) in [6.07, 6.45) is 10.5. The molecule has 2 rings (SSSR count). The van der Waals surface area contributed by atoms with Gasteiger partial charge in [0.1, 0.15) is 0 Å². The molecule has 1 heterocycles. The second kappa shape index (κ2) is 5.65. The van der Waals surface area contributed by atoms with Gasteiger partial charge in [-0.2, -0.15) is 5.10 Å². The Kier molecular flexibility index (Phi) is 4.18. The molecule has 1 saturated carbocycles. The van der Waals surface area contributed by atoms with E-state index in [0.717, 1.165) is 6.54 Å². The Morgan fingerprint density at radius 1 is 1.41 bits per heavy atom. The molecule has 1 aromatic heterocycles. The van der Waals surface area contributed by atoms with Crippen LogP contribution in [0.5, 0.6) is 0 Å². The molecule has 17 heavy (non-hydrogen) atoms. The summed E-state index contributed by atoms with van der Waals surface area (Å²) in [5.41, 5.74) is 1.50. The predicted molar refractivity (Wildman–Crippen MR) is 67.6 cm³/mol. The highest BCUT2D eigenvalue weighted by atomic mass is 16.3. The summed E-state index contributed by atoms with van der Waals surface area (Å²) in [7, 11) is 0. The van der Waals surface area contributed by atoms with Crippen molar-refractivity contribution in [1.82, 2.24) is 15.1 Å². The molecule has 0 bridgehead atoms. The van der Waals surface area contributed by atoms with Gasteiger partial charge in [0.25, 0.3) is 0 Å². The van der Waals surface area contributed by atoms with Crippen molar-refractivity contribution in [2.24, 2.45) is 0 Å². The summed E-state index contributed by atoms with van der Waals surface area (Å²) in [6.45, 7) is 3.93. The van der Waals surface area contributed by atoms with E-state index in [1.807, 2.05) is 12.4 Å². The van der Waals surface area contributed by atoms with E-state index < -0.39 is 0 Å². The van der Waals surface area contributed by atoms with Gasteiger partial charge in [-0.3, -0.25) is 4.68 Å². The quantitative estimate of drug-likeness (QED) is 0.819. The molecule has 0 atom stereocenters. The van der Waals surface area contributed by atoms with Gasteiger partial charge in [-0.25, -0.2) is 0 Å². The second-order valence-corrected chi connectivity index (χ2v) is 5.31. The van der Waals surface area contributed by atoms with Gasteiger partial charge in [0.15, 0.2) is 0 Å². The zero-order chi connectivity index (χ0) is 12.1. The molecular weight excluding hydrogens is 214 g/mol. The summed E-state index contributed by atoms with van der Waals surface area (Å²) in [6, 6.07) is 0. The lowest BCUT2D eigenvalue weighted by Gasteiger charge is -2.34. The van der Waals surface area contributed by atoms with E-state index in [2.05, 4.69) is 17.3 Å². The Labute approximate surface area is 103 Å². The van der Waals surface area contributed by atoms with E-state index in [9.17, 15) is 0 Å². The van der Waals surface area contributed by atoms with Crippen LogP contribution in [0, 0.1) is 0 Å². The van der Waals surface area contributed by atoms with E-state index >= 15 is 0 Å². The number of aliphatic hydroxyl groups is 1. The topological polar surface area (TPSA) is 50.1 Å². The van der Waals surface area contributed by atoms with Gasteiger partial charge in [0, 0.05) is 23.8 Å². The van der Waals surface area contributed by atoms with Gasteiger partial charge in [0.2, 0.25) is 0 Å². The molecule has 96 valence electrons. The van der Waals surface area contributed by atoms with Gasteiger partial charge in [-0.05, 0) is 19.8 Å². The fourth-order valence-corrected chi connectivity index (χ4v) is 2.55. The maximum Gasteiger partial charge on any atom is 0.0640 e. The van der Waals surface area contributed by atoms with Crippen LogP contribution < -0.4 is 5.32 Å². The minimum absolute atomic E-state index is 0.145. The summed E-state index contributed by atoms with van der Waals surface area (Å²) in [5, 5.41) is 16.7. The van der Waals surface area contributed by atoms with Crippen LogP contribution in [-0.2, 0) is 13.1 Å². The van der Waals surface area contributed by atoms with Crippen molar-refractivity contribution in [2.45, 2.75) is 57.7 Å². The molecule has 0 radical (unpaired) electrons. The predicted octanol–water partition coefficient (Wildman–Crippen LogP) is 1.69. The molecule has 1 aliphatic carbocycles. The zero-order valence-corrected chi connectivity index (χ0v) is 10.7. The fraction of sp³-hybridized carbons (Fsp3) is 0.769. The monoisotopic (exact) mass is 237 g/mol. The van der Waals surface area contributed by atoms with Gasteiger partial charge in [0.05, 0.1) is 19.3 Å². The van der Waals surface area contributed by atoms with Crippen LogP contribution in [0.4, 0.5) is 0 Å². The first-order valence-corrected chi connectivity index (χ1v) is 6.59. The third kappa shape index (κ3) is 3.54. The van der Waals surface area contributed by atoms with Gasteiger partial charge in [-0.15, -0.1) is 0 Å². The smallest absolute Gasteiger partial charge is 0.0640 e. The molecular formula is C13H23N3O. The van der Waals surface area contributed by atoms with Crippen LogP contribution in [0.15, 0.2) is 12.4 Å². The van der Waals surface area contributed by atoms with Crippen molar-refractivity contribution in [1.29, 1.82) is 0 Å². The SMILES string of the molecule is CC1(NCc2cnn(CCO)c2)CCCCC1. The van der Waals surface area contributed by atoms with Crippen LogP contribution in [-0.4, -0.2) is 27.0 Å². The molecule has 0 saturated heterocycles. The molecule has 0 aliphatic heterocycles. The lowest BCUT2D eigenvalue weighted by Crippen LogP contribution is -2.43.